The Balaban J connectivity index is 1.66. The number of Topliss-reactive ketones (excluding diaryl/α,β-unsaturated/α-hetero) is 1. The number of rotatable bonds is 7. The summed E-state index contributed by atoms with van der Waals surface area (Å²) in [5.41, 5.74) is 4.22. The van der Waals surface area contributed by atoms with Gasteiger partial charge < -0.3 is 4.90 Å². The van der Waals surface area contributed by atoms with Crippen LogP contribution in [0.1, 0.15) is 39.6 Å². The van der Waals surface area contributed by atoms with Crippen LogP contribution in [0.3, 0.4) is 0 Å². The third-order valence-electron chi connectivity index (χ3n) is 4.95. The minimum atomic E-state index is 0.00807. The van der Waals surface area contributed by atoms with Gasteiger partial charge in [0.25, 0.3) is 5.91 Å². The van der Waals surface area contributed by atoms with Crippen molar-refractivity contribution in [2.75, 3.05) is 13.6 Å². The molecule has 0 radical (unpaired) electrons. The van der Waals surface area contributed by atoms with Crippen molar-refractivity contribution in [1.29, 1.82) is 0 Å². The van der Waals surface area contributed by atoms with Crippen molar-refractivity contribution in [3.63, 3.8) is 0 Å². The molecular formula is C24H23ClN2O2. The molecule has 3 aromatic rings. The third kappa shape index (κ3) is 5.09. The van der Waals surface area contributed by atoms with Gasteiger partial charge in [0, 0.05) is 37.3 Å². The van der Waals surface area contributed by atoms with E-state index in [1.165, 1.54) is 0 Å². The van der Waals surface area contributed by atoms with E-state index in [0.29, 0.717) is 35.7 Å². The Hall–Kier alpha value is -2.98. The third-order valence-corrected chi connectivity index (χ3v) is 5.29. The molecule has 0 aliphatic carbocycles. The number of aryl methyl sites for hydroxylation is 1. The second-order valence-electron chi connectivity index (χ2n) is 6.85. The summed E-state index contributed by atoms with van der Waals surface area (Å²) in [5, 5.41) is 0.447. The molecule has 1 heterocycles. The van der Waals surface area contributed by atoms with E-state index in [2.05, 4.69) is 4.98 Å². The van der Waals surface area contributed by atoms with Gasteiger partial charge in [-0.05, 0) is 48.2 Å². The molecule has 0 aliphatic rings. The molecule has 0 aliphatic heterocycles. The molecule has 1 aromatic heterocycles. The Morgan fingerprint density at radius 3 is 2.07 bits per heavy atom. The number of amides is 1. The van der Waals surface area contributed by atoms with Crippen LogP contribution in [0.25, 0.3) is 11.1 Å². The molecule has 4 nitrogen and oxygen atoms in total. The summed E-state index contributed by atoms with van der Waals surface area (Å²) in [4.78, 5) is 30.4. The van der Waals surface area contributed by atoms with E-state index in [1.807, 2.05) is 67.6 Å². The molecule has 0 N–H and O–H groups in total. The molecule has 0 fully saturated rings. The van der Waals surface area contributed by atoms with E-state index in [1.54, 1.807) is 18.1 Å². The minimum absolute atomic E-state index is 0.00807. The van der Waals surface area contributed by atoms with E-state index >= 15 is 0 Å². The van der Waals surface area contributed by atoms with E-state index in [-0.39, 0.29) is 11.7 Å². The lowest BCUT2D eigenvalue weighted by atomic mass is 9.99. The number of pyridine rings is 1. The number of nitrogens with zero attached hydrogens (tertiary/aromatic N) is 2. The lowest BCUT2D eigenvalue weighted by Gasteiger charge is -2.14. The highest BCUT2D eigenvalue weighted by molar-refractivity contribution is 6.30. The molecule has 29 heavy (non-hydrogen) atoms. The summed E-state index contributed by atoms with van der Waals surface area (Å²) >= 11 is 6.05. The first-order valence-electron chi connectivity index (χ1n) is 9.58. The molecular weight excluding hydrogens is 384 g/mol. The van der Waals surface area contributed by atoms with Crippen LogP contribution in [0.5, 0.6) is 0 Å². The standard InChI is InChI=1S/C24H23ClN2O2/c1-3-27(2)24(29)21-12-8-18(9-13-21)17-6-10-19(11-7-17)22(28)15-14-20-5-4-16-26-23(20)25/h4-13,16H,3,14-15H2,1-2H3. The quantitative estimate of drug-likeness (QED) is 0.394. The molecule has 0 atom stereocenters. The van der Waals surface area contributed by atoms with Gasteiger partial charge in [0.1, 0.15) is 5.15 Å². The van der Waals surface area contributed by atoms with Gasteiger partial charge in [-0.15, -0.1) is 0 Å². The van der Waals surface area contributed by atoms with Gasteiger partial charge in [0.15, 0.2) is 5.78 Å². The zero-order valence-corrected chi connectivity index (χ0v) is 17.3. The summed E-state index contributed by atoms with van der Waals surface area (Å²) in [6.45, 7) is 2.61. The number of halogens is 1. The smallest absolute Gasteiger partial charge is 0.253 e. The molecule has 2 aromatic carbocycles. The van der Waals surface area contributed by atoms with Crippen molar-refractivity contribution < 1.29 is 9.59 Å². The number of hydrogen-bond acceptors (Lipinski definition) is 3. The predicted molar refractivity (Wildman–Crippen MR) is 116 cm³/mol. The highest BCUT2D eigenvalue weighted by atomic mass is 35.5. The Kier molecular flexibility index (Phi) is 6.78. The van der Waals surface area contributed by atoms with Crippen LogP contribution >= 0.6 is 11.6 Å². The number of aromatic nitrogens is 1. The van der Waals surface area contributed by atoms with Gasteiger partial charge in [0.2, 0.25) is 0 Å². The highest BCUT2D eigenvalue weighted by Crippen LogP contribution is 2.22. The fraction of sp³-hybridized carbons (Fsp3) is 0.208. The number of benzene rings is 2. The van der Waals surface area contributed by atoms with Crippen molar-refractivity contribution in [2.24, 2.45) is 0 Å². The van der Waals surface area contributed by atoms with Gasteiger partial charge in [-0.3, -0.25) is 9.59 Å². The number of carbonyl (C=O) groups is 2. The van der Waals surface area contributed by atoms with Crippen molar-refractivity contribution in [3.8, 4) is 11.1 Å². The van der Waals surface area contributed by atoms with Crippen LogP contribution in [-0.2, 0) is 6.42 Å². The van der Waals surface area contributed by atoms with Crippen LogP contribution in [-0.4, -0.2) is 35.2 Å². The monoisotopic (exact) mass is 406 g/mol. The van der Waals surface area contributed by atoms with Crippen LogP contribution in [0.4, 0.5) is 0 Å². The molecule has 0 saturated heterocycles. The number of ketones is 1. The largest absolute Gasteiger partial charge is 0.342 e. The number of carbonyl (C=O) groups excluding carboxylic acids is 2. The fourth-order valence-corrected chi connectivity index (χ4v) is 3.23. The zero-order chi connectivity index (χ0) is 20.8. The Bertz CT molecular complexity index is 998. The van der Waals surface area contributed by atoms with Crippen molar-refractivity contribution in [1.82, 2.24) is 9.88 Å². The fourth-order valence-electron chi connectivity index (χ4n) is 3.02. The lowest BCUT2D eigenvalue weighted by Crippen LogP contribution is -2.26. The molecule has 1 amide bonds. The average Bonchev–Trinajstić information content (AvgIpc) is 2.77. The second kappa shape index (κ2) is 9.48. The van der Waals surface area contributed by atoms with E-state index in [0.717, 1.165) is 16.7 Å². The summed E-state index contributed by atoms with van der Waals surface area (Å²) in [6.07, 6.45) is 2.58. The summed E-state index contributed by atoms with van der Waals surface area (Å²) in [6, 6.07) is 18.8. The van der Waals surface area contributed by atoms with Crippen molar-refractivity contribution >= 4 is 23.3 Å². The van der Waals surface area contributed by atoms with Gasteiger partial charge in [-0.25, -0.2) is 4.98 Å². The molecule has 148 valence electrons. The first-order valence-corrected chi connectivity index (χ1v) is 9.96. The molecule has 0 spiro atoms. The number of hydrogen-bond donors (Lipinski definition) is 0. The summed E-state index contributed by atoms with van der Waals surface area (Å²) in [7, 11) is 1.79. The normalized spacial score (nSPS) is 10.6. The van der Waals surface area contributed by atoms with E-state index in [4.69, 9.17) is 11.6 Å². The predicted octanol–water partition coefficient (Wildman–Crippen LogP) is 5.31. The summed E-state index contributed by atoms with van der Waals surface area (Å²) < 4.78 is 0. The lowest BCUT2D eigenvalue weighted by molar-refractivity contribution is 0.0802. The van der Waals surface area contributed by atoms with Crippen LogP contribution in [0.2, 0.25) is 5.15 Å². The molecule has 0 unspecified atom stereocenters. The summed E-state index contributed by atoms with van der Waals surface area (Å²) in [5.74, 6) is 0.0775. The van der Waals surface area contributed by atoms with Crippen LogP contribution in [0, 0.1) is 0 Å². The molecule has 0 bridgehead atoms. The molecule has 0 saturated carbocycles. The Labute approximate surface area is 176 Å². The average molecular weight is 407 g/mol. The maximum Gasteiger partial charge on any atom is 0.253 e. The van der Waals surface area contributed by atoms with Crippen molar-refractivity contribution in [2.45, 2.75) is 19.8 Å². The first kappa shape index (κ1) is 20.7. The van der Waals surface area contributed by atoms with E-state index in [9.17, 15) is 9.59 Å². The maximum atomic E-state index is 12.5. The molecule has 5 heteroatoms. The zero-order valence-electron chi connectivity index (χ0n) is 16.6. The maximum absolute atomic E-state index is 12.5. The van der Waals surface area contributed by atoms with Gasteiger partial charge in [-0.1, -0.05) is 54.1 Å². The highest BCUT2D eigenvalue weighted by Gasteiger charge is 2.11. The van der Waals surface area contributed by atoms with Gasteiger partial charge in [-0.2, -0.15) is 0 Å². The van der Waals surface area contributed by atoms with Crippen LogP contribution in [0.15, 0.2) is 66.9 Å². The Morgan fingerprint density at radius 1 is 0.931 bits per heavy atom. The van der Waals surface area contributed by atoms with E-state index < -0.39 is 0 Å². The second-order valence-corrected chi connectivity index (χ2v) is 7.21. The minimum Gasteiger partial charge on any atom is -0.342 e. The van der Waals surface area contributed by atoms with Gasteiger partial charge >= 0.3 is 0 Å². The topological polar surface area (TPSA) is 50.3 Å². The van der Waals surface area contributed by atoms with Crippen molar-refractivity contribution in [3.05, 3.63) is 88.7 Å². The first-order chi connectivity index (χ1) is 14.0. The Morgan fingerprint density at radius 2 is 1.52 bits per heavy atom. The van der Waals surface area contributed by atoms with Gasteiger partial charge in [0.05, 0.1) is 0 Å². The molecule has 3 rings (SSSR count). The van der Waals surface area contributed by atoms with Crippen LogP contribution < -0.4 is 0 Å². The SMILES string of the molecule is CCN(C)C(=O)c1ccc(-c2ccc(C(=O)CCc3cccnc3Cl)cc2)cc1.